The molecule has 0 heterocycles. The molecule has 86 valence electrons. The summed E-state index contributed by atoms with van der Waals surface area (Å²) in [6, 6.07) is 7.55. The minimum atomic E-state index is -0.516. The topological polar surface area (TPSA) is 61.4 Å². The molecule has 1 aromatic carbocycles. The van der Waals surface area contributed by atoms with Crippen molar-refractivity contribution in [3.63, 3.8) is 0 Å². The minimum absolute atomic E-state index is 0.0942. The van der Waals surface area contributed by atoms with Gasteiger partial charge in [0.25, 0.3) is 0 Å². The molecule has 0 unspecified atom stereocenters. The Hall–Kier alpha value is -1.39. The molecule has 1 amide bonds. The van der Waals surface area contributed by atoms with Crippen LogP contribution in [0.15, 0.2) is 24.3 Å². The second-order valence-electron chi connectivity index (χ2n) is 4.05. The monoisotopic (exact) mass is 220 g/mol. The molecule has 1 aliphatic carbocycles. The number of carbonyl (C=O) groups is 1. The second-order valence-corrected chi connectivity index (χ2v) is 4.05. The fraction of sp³-hybridized carbons (Fsp3) is 0.417. The molecule has 0 bridgehead atoms. The SMILES string of the molecule is CNCC(=O)N[C@@H]1c2ccccc2C[C@@H]1O. The number of fused-ring (bicyclic) bond motifs is 1. The van der Waals surface area contributed by atoms with Crippen LogP contribution in [0.3, 0.4) is 0 Å². The summed E-state index contributed by atoms with van der Waals surface area (Å²) in [7, 11) is 1.72. The van der Waals surface area contributed by atoms with Crippen LogP contribution >= 0.6 is 0 Å². The first kappa shape index (κ1) is 11.1. The zero-order valence-electron chi connectivity index (χ0n) is 9.23. The van der Waals surface area contributed by atoms with Crippen molar-refractivity contribution < 1.29 is 9.90 Å². The predicted molar refractivity (Wildman–Crippen MR) is 61.0 cm³/mol. The summed E-state index contributed by atoms with van der Waals surface area (Å²) in [5.41, 5.74) is 2.14. The van der Waals surface area contributed by atoms with E-state index < -0.39 is 6.10 Å². The summed E-state index contributed by atoms with van der Waals surface area (Å²) in [5, 5.41) is 15.5. The van der Waals surface area contributed by atoms with E-state index >= 15 is 0 Å². The van der Waals surface area contributed by atoms with Crippen molar-refractivity contribution >= 4 is 5.91 Å². The average Bonchev–Trinajstić information content (AvgIpc) is 2.56. The van der Waals surface area contributed by atoms with Gasteiger partial charge in [-0.2, -0.15) is 0 Å². The minimum Gasteiger partial charge on any atom is -0.390 e. The van der Waals surface area contributed by atoms with Crippen molar-refractivity contribution in [3.05, 3.63) is 35.4 Å². The number of benzene rings is 1. The first-order valence-corrected chi connectivity index (χ1v) is 5.42. The standard InChI is InChI=1S/C12H16N2O2/c1-13-7-11(16)14-12-9-5-3-2-4-8(9)6-10(12)15/h2-5,10,12-13,15H,6-7H2,1H3,(H,14,16)/t10-,12+/m0/s1. The molecule has 1 aliphatic rings. The quantitative estimate of drug-likeness (QED) is 0.671. The molecule has 2 atom stereocenters. The van der Waals surface area contributed by atoms with Gasteiger partial charge in [0.15, 0.2) is 0 Å². The Bertz CT molecular complexity index is 392. The van der Waals surface area contributed by atoms with E-state index in [0.717, 1.165) is 11.1 Å². The fourth-order valence-electron chi connectivity index (χ4n) is 2.13. The zero-order chi connectivity index (χ0) is 11.5. The van der Waals surface area contributed by atoms with Gasteiger partial charge in [0, 0.05) is 6.42 Å². The summed E-state index contributed by atoms with van der Waals surface area (Å²) < 4.78 is 0. The highest BCUT2D eigenvalue weighted by Crippen LogP contribution is 2.30. The highest BCUT2D eigenvalue weighted by atomic mass is 16.3. The maximum absolute atomic E-state index is 11.5. The van der Waals surface area contributed by atoms with Crippen LogP contribution in [0.2, 0.25) is 0 Å². The lowest BCUT2D eigenvalue weighted by molar-refractivity contribution is -0.121. The second kappa shape index (κ2) is 4.63. The fourth-order valence-corrected chi connectivity index (χ4v) is 2.13. The van der Waals surface area contributed by atoms with Gasteiger partial charge in [0.1, 0.15) is 0 Å². The molecule has 0 radical (unpaired) electrons. The van der Waals surface area contributed by atoms with E-state index in [4.69, 9.17) is 0 Å². The summed E-state index contributed by atoms with van der Waals surface area (Å²) in [6.45, 7) is 0.269. The number of aliphatic hydroxyl groups excluding tert-OH is 1. The molecule has 4 heteroatoms. The molecule has 3 N–H and O–H groups in total. The van der Waals surface area contributed by atoms with Crippen LogP contribution in [0.1, 0.15) is 17.2 Å². The maximum atomic E-state index is 11.5. The van der Waals surface area contributed by atoms with Crippen LogP contribution in [0.25, 0.3) is 0 Å². The molecule has 0 fully saturated rings. The molecular formula is C12H16N2O2. The van der Waals surface area contributed by atoms with Crippen LogP contribution in [0.4, 0.5) is 0 Å². The summed E-state index contributed by atoms with van der Waals surface area (Å²) in [4.78, 5) is 11.5. The lowest BCUT2D eigenvalue weighted by atomic mass is 10.1. The van der Waals surface area contributed by atoms with Gasteiger partial charge < -0.3 is 15.7 Å². The molecule has 16 heavy (non-hydrogen) atoms. The van der Waals surface area contributed by atoms with Crippen LogP contribution < -0.4 is 10.6 Å². The van der Waals surface area contributed by atoms with Crippen molar-refractivity contribution in [2.75, 3.05) is 13.6 Å². The van der Waals surface area contributed by atoms with Gasteiger partial charge in [-0.15, -0.1) is 0 Å². The summed E-state index contributed by atoms with van der Waals surface area (Å²) in [6.07, 6.45) is 0.0962. The van der Waals surface area contributed by atoms with E-state index in [-0.39, 0.29) is 18.5 Å². The molecule has 0 aromatic heterocycles. The molecule has 0 aliphatic heterocycles. The van der Waals surface area contributed by atoms with Crippen molar-refractivity contribution in [1.29, 1.82) is 0 Å². The molecule has 0 saturated heterocycles. The van der Waals surface area contributed by atoms with Crippen LogP contribution in [-0.4, -0.2) is 30.7 Å². The average molecular weight is 220 g/mol. The predicted octanol–water partition coefficient (Wildman–Crippen LogP) is -0.0197. The molecule has 0 spiro atoms. The van der Waals surface area contributed by atoms with E-state index in [1.807, 2.05) is 24.3 Å². The van der Waals surface area contributed by atoms with E-state index in [1.165, 1.54) is 0 Å². The number of aliphatic hydroxyl groups is 1. The third-order valence-corrected chi connectivity index (χ3v) is 2.86. The third kappa shape index (κ3) is 2.08. The lowest BCUT2D eigenvalue weighted by Gasteiger charge is -2.17. The van der Waals surface area contributed by atoms with Crippen LogP contribution in [-0.2, 0) is 11.2 Å². The smallest absolute Gasteiger partial charge is 0.234 e. The first-order valence-electron chi connectivity index (χ1n) is 5.42. The number of hydrogen-bond donors (Lipinski definition) is 3. The number of likely N-dealkylation sites (N-methyl/N-ethyl adjacent to an activating group) is 1. The lowest BCUT2D eigenvalue weighted by Crippen LogP contribution is -2.38. The molecule has 2 rings (SSSR count). The third-order valence-electron chi connectivity index (χ3n) is 2.86. The van der Waals surface area contributed by atoms with Gasteiger partial charge in [0.05, 0.1) is 18.7 Å². The molecule has 4 nitrogen and oxygen atoms in total. The van der Waals surface area contributed by atoms with Crippen molar-refractivity contribution in [3.8, 4) is 0 Å². The van der Waals surface area contributed by atoms with Crippen molar-refractivity contribution in [2.45, 2.75) is 18.6 Å². The Morgan fingerprint density at radius 1 is 1.50 bits per heavy atom. The Balaban J connectivity index is 2.13. The maximum Gasteiger partial charge on any atom is 0.234 e. The Morgan fingerprint density at radius 2 is 2.25 bits per heavy atom. The number of nitrogens with one attached hydrogen (secondary N) is 2. The van der Waals surface area contributed by atoms with Gasteiger partial charge in [-0.1, -0.05) is 24.3 Å². The van der Waals surface area contributed by atoms with Gasteiger partial charge in [-0.25, -0.2) is 0 Å². The highest BCUT2D eigenvalue weighted by Gasteiger charge is 2.31. The largest absolute Gasteiger partial charge is 0.390 e. The summed E-state index contributed by atoms with van der Waals surface area (Å²) >= 11 is 0. The van der Waals surface area contributed by atoms with Crippen LogP contribution in [0.5, 0.6) is 0 Å². The number of hydrogen-bond acceptors (Lipinski definition) is 3. The van der Waals surface area contributed by atoms with E-state index in [9.17, 15) is 9.90 Å². The molecule has 0 saturated carbocycles. The highest BCUT2D eigenvalue weighted by molar-refractivity contribution is 5.78. The Labute approximate surface area is 94.7 Å². The Morgan fingerprint density at radius 3 is 3.00 bits per heavy atom. The van der Waals surface area contributed by atoms with E-state index in [2.05, 4.69) is 10.6 Å². The van der Waals surface area contributed by atoms with Gasteiger partial charge in [-0.05, 0) is 18.2 Å². The molecular weight excluding hydrogens is 204 g/mol. The number of carbonyl (C=O) groups excluding carboxylic acids is 1. The van der Waals surface area contributed by atoms with Crippen molar-refractivity contribution in [1.82, 2.24) is 10.6 Å². The van der Waals surface area contributed by atoms with Gasteiger partial charge in [-0.3, -0.25) is 4.79 Å². The van der Waals surface area contributed by atoms with Gasteiger partial charge in [0.2, 0.25) is 5.91 Å². The van der Waals surface area contributed by atoms with Crippen LogP contribution in [0, 0.1) is 0 Å². The Kier molecular flexibility index (Phi) is 3.22. The van der Waals surface area contributed by atoms with E-state index in [1.54, 1.807) is 7.05 Å². The van der Waals surface area contributed by atoms with Gasteiger partial charge >= 0.3 is 0 Å². The normalized spacial score (nSPS) is 22.9. The first-order chi connectivity index (χ1) is 7.72. The van der Waals surface area contributed by atoms with Crippen molar-refractivity contribution in [2.24, 2.45) is 0 Å². The number of rotatable bonds is 3. The zero-order valence-corrected chi connectivity index (χ0v) is 9.23. The number of amides is 1. The molecule has 1 aromatic rings. The summed E-state index contributed by atoms with van der Waals surface area (Å²) in [5.74, 6) is -0.0942. The van der Waals surface area contributed by atoms with E-state index in [0.29, 0.717) is 6.42 Å².